The first kappa shape index (κ1) is 18.7. The minimum absolute atomic E-state index is 0.395. The lowest BCUT2D eigenvalue weighted by atomic mass is 10.7. The molecule has 0 aromatic rings. The summed E-state index contributed by atoms with van der Waals surface area (Å²) in [4.78, 5) is 4.35. The second-order valence-electron chi connectivity index (χ2n) is 3.52. The topological polar surface area (TPSA) is 81.4 Å². The van der Waals surface area contributed by atoms with Gasteiger partial charge in [-0.1, -0.05) is 0 Å². The van der Waals surface area contributed by atoms with Crippen molar-refractivity contribution >= 4 is 0 Å². The third-order valence-electron chi connectivity index (χ3n) is 2.04. The van der Waals surface area contributed by atoms with E-state index in [9.17, 15) is 0 Å². The highest BCUT2D eigenvalue weighted by molar-refractivity contribution is 4.35. The van der Waals surface area contributed by atoms with Gasteiger partial charge in [0.25, 0.3) is 0 Å². The number of rotatable bonds is 16. The van der Waals surface area contributed by atoms with Crippen LogP contribution in [0.5, 0.6) is 0 Å². The van der Waals surface area contributed by atoms with Gasteiger partial charge in [0.05, 0.1) is 66.1 Å². The Morgan fingerprint density at radius 2 is 0.842 bits per heavy atom. The van der Waals surface area contributed by atoms with Gasteiger partial charge in [-0.25, -0.2) is 5.90 Å². The maximum absolute atomic E-state index is 5.32. The summed E-state index contributed by atoms with van der Waals surface area (Å²) in [6.45, 7) is 8.13. The van der Waals surface area contributed by atoms with E-state index in [1.165, 1.54) is 0 Å². The van der Waals surface area contributed by atoms with Crippen molar-refractivity contribution in [1.82, 2.24) is 0 Å². The summed E-state index contributed by atoms with van der Waals surface area (Å²) in [6, 6.07) is 0. The highest BCUT2D eigenvalue weighted by atomic mass is 16.6. The van der Waals surface area contributed by atoms with Crippen LogP contribution < -0.4 is 5.90 Å². The Hall–Kier alpha value is -0.280. The summed E-state index contributed by atoms with van der Waals surface area (Å²) in [6.07, 6.45) is 0. The summed E-state index contributed by atoms with van der Waals surface area (Å²) in [5.41, 5.74) is 0. The Balaban J connectivity index is 2.88. The Morgan fingerprint density at radius 3 is 1.16 bits per heavy atom. The predicted molar refractivity (Wildman–Crippen MR) is 69.9 cm³/mol. The van der Waals surface area contributed by atoms with Crippen molar-refractivity contribution in [3.63, 3.8) is 0 Å². The normalized spacial score (nSPS) is 11.1. The molecule has 0 aromatic heterocycles. The molecule has 116 valence electrons. The quantitative estimate of drug-likeness (QED) is 0.314. The maximum atomic E-state index is 5.32. The van der Waals surface area contributed by atoms with Crippen molar-refractivity contribution in [3.05, 3.63) is 0 Å². The van der Waals surface area contributed by atoms with E-state index < -0.39 is 0 Å². The molecule has 0 aliphatic heterocycles. The van der Waals surface area contributed by atoms with Crippen LogP contribution in [-0.4, -0.2) is 72.7 Å². The molecule has 0 spiro atoms. The van der Waals surface area contributed by atoms with Crippen LogP contribution >= 0.6 is 0 Å². The van der Waals surface area contributed by atoms with Crippen LogP contribution in [0, 0.1) is 0 Å². The fraction of sp³-hybridized carbons (Fsp3) is 1.00. The van der Waals surface area contributed by atoms with Crippen molar-refractivity contribution < 1.29 is 28.5 Å². The molecular weight excluding hydrogens is 254 g/mol. The zero-order valence-electron chi connectivity index (χ0n) is 11.8. The second kappa shape index (κ2) is 17.7. The van der Waals surface area contributed by atoms with Crippen molar-refractivity contribution in [3.8, 4) is 0 Å². The molecular formula is C12H27NO6. The predicted octanol–water partition coefficient (Wildman–Crippen LogP) is -0.0204. The van der Waals surface area contributed by atoms with Gasteiger partial charge in [0.15, 0.2) is 0 Å². The summed E-state index contributed by atoms with van der Waals surface area (Å²) in [5, 5.41) is 0. The first-order chi connectivity index (χ1) is 9.41. The molecule has 0 radical (unpaired) electrons. The summed E-state index contributed by atoms with van der Waals surface area (Å²) < 4.78 is 26.2. The average Bonchev–Trinajstić information content (AvgIpc) is 2.43. The molecule has 0 aliphatic rings. The molecule has 7 heteroatoms. The molecule has 7 nitrogen and oxygen atoms in total. The number of ether oxygens (including phenoxy) is 5. The fourth-order valence-corrected chi connectivity index (χ4v) is 1.13. The average molecular weight is 281 g/mol. The lowest BCUT2D eigenvalue weighted by Gasteiger charge is -2.07. The highest BCUT2D eigenvalue weighted by Gasteiger charge is 1.92. The zero-order valence-corrected chi connectivity index (χ0v) is 11.8. The molecule has 0 aliphatic carbocycles. The Kier molecular flexibility index (Phi) is 17.5. The van der Waals surface area contributed by atoms with E-state index in [0.717, 1.165) is 6.61 Å². The van der Waals surface area contributed by atoms with Crippen LogP contribution in [0.4, 0.5) is 0 Å². The van der Waals surface area contributed by atoms with Crippen molar-refractivity contribution in [2.24, 2.45) is 5.90 Å². The molecule has 0 amide bonds. The lowest BCUT2D eigenvalue weighted by Crippen LogP contribution is -2.14. The van der Waals surface area contributed by atoms with Gasteiger partial charge in [-0.2, -0.15) is 0 Å². The van der Waals surface area contributed by atoms with E-state index in [2.05, 4.69) is 4.84 Å². The van der Waals surface area contributed by atoms with E-state index in [0.29, 0.717) is 66.1 Å². The van der Waals surface area contributed by atoms with Gasteiger partial charge < -0.3 is 28.5 Å². The largest absolute Gasteiger partial charge is 0.379 e. The molecule has 0 bridgehead atoms. The Labute approximate surface area is 115 Å². The highest BCUT2D eigenvalue weighted by Crippen LogP contribution is 1.83. The molecule has 0 saturated heterocycles. The van der Waals surface area contributed by atoms with Crippen LogP contribution in [0.1, 0.15) is 6.92 Å². The van der Waals surface area contributed by atoms with Crippen LogP contribution in [0.2, 0.25) is 0 Å². The fourth-order valence-electron chi connectivity index (χ4n) is 1.13. The molecule has 19 heavy (non-hydrogen) atoms. The second-order valence-corrected chi connectivity index (χ2v) is 3.52. The smallest absolute Gasteiger partial charge is 0.0913 e. The molecule has 0 aromatic carbocycles. The van der Waals surface area contributed by atoms with Crippen LogP contribution in [-0.2, 0) is 28.5 Å². The third-order valence-corrected chi connectivity index (χ3v) is 2.04. The lowest BCUT2D eigenvalue weighted by molar-refractivity contribution is -0.0163. The van der Waals surface area contributed by atoms with Gasteiger partial charge >= 0.3 is 0 Å². The van der Waals surface area contributed by atoms with Crippen molar-refractivity contribution in [1.29, 1.82) is 0 Å². The summed E-state index contributed by atoms with van der Waals surface area (Å²) in [7, 11) is 0. The van der Waals surface area contributed by atoms with Crippen LogP contribution in [0.15, 0.2) is 0 Å². The minimum atomic E-state index is 0.395. The molecule has 0 atom stereocenters. The molecule has 0 rings (SSSR count). The molecule has 2 N–H and O–H groups in total. The monoisotopic (exact) mass is 281 g/mol. The molecule has 0 unspecified atom stereocenters. The van der Waals surface area contributed by atoms with Gasteiger partial charge in [0, 0.05) is 6.61 Å². The maximum Gasteiger partial charge on any atom is 0.0913 e. The van der Waals surface area contributed by atoms with Crippen molar-refractivity contribution in [2.45, 2.75) is 6.92 Å². The Morgan fingerprint density at radius 1 is 0.526 bits per heavy atom. The number of hydrogen-bond acceptors (Lipinski definition) is 7. The van der Waals surface area contributed by atoms with E-state index in [1.807, 2.05) is 6.92 Å². The standard InChI is InChI=1S/C12H27NO6/c1-2-14-3-4-15-5-6-16-7-8-17-9-10-18-11-12-19-13/h2-13H2,1H3. The molecule has 0 saturated carbocycles. The van der Waals surface area contributed by atoms with Crippen LogP contribution in [0.3, 0.4) is 0 Å². The Bertz CT molecular complexity index is 145. The first-order valence-electron chi connectivity index (χ1n) is 6.62. The van der Waals surface area contributed by atoms with Crippen molar-refractivity contribution in [2.75, 3.05) is 72.7 Å². The van der Waals surface area contributed by atoms with E-state index in [1.54, 1.807) is 0 Å². The summed E-state index contributed by atoms with van der Waals surface area (Å²) in [5.74, 6) is 4.84. The molecule has 0 heterocycles. The SMILES string of the molecule is CCOCCOCCOCCOCCOCCON. The molecule has 0 fully saturated rings. The van der Waals surface area contributed by atoms with E-state index in [-0.39, 0.29) is 0 Å². The number of nitrogens with two attached hydrogens (primary N) is 1. The van der Waals surface area contributed by atoms with E-state index in [4.69, 9.17) is 29.6 Å². The summed E-state index contributed by atoms with van der Waals surface area (Å²) >= 11 is 0. The van der Waals surface area contributed by atoms with E-state index >= 15 is 0 Å². The van der Waals surface area contributed by atoms with Gasteiger partial charge in [0.1, 0.15) is 0 Å². The number of hydrogen-bond donors (Lipinski definition) is 1. The zero-order chi connectivity index (χ0) is 14.0. The van der Waals surface area contributed by atoms with Crippen LogP contribution in [0.25, 0.3) is 0 Å². The first-order valence-corrected chi connectivity index (χ1v) is 6.62. The van der Waals surface area contributed by atoms with Gasteiger partial charge in [0.2, 0.25) is 0 Å². The minimum Gasteiger partial charge on any atom is -0.379 e. The van der Waals surface area contributed by atoms with Gasteiger partial charge in [-0.3, -0.25) is 0 Å². The van der Waals surface area contributed by atoms with Gasteiger partial charge in [-0.05, 0) is 6.92 Å². The van der Waals surface area contributed by atoms with Gasteiger partial charge in [-0.15, -0.1) is 0 Å². The third kappa shape index (κ3) is 17.7.